The van der Waals surface area contributed by atoms with E-state index in [0.29, 0.717) is 11.3 Å². The highest BCUT2D eigenvalue weighted by molar-refractivity contribution is 9.10. The van der Waals surface area contributed by atoms with Crippen molar-refractivity contribution in [3.63, 3.8) is 0 Å². The summed E-state index contributed by atoms with van der Waals surface area (Å²) in [6.07, 6.45) is 2.10. The van der Waals surface area contributed by atoms with Gasteiger partial charge < -0.3 is 10.6 Å². The highest BCUT2D eigenvalue weighted by Gasteiger charge is 2.30. The van der Waals surface area contributed by atoms with E-state index in [-0.39, 0.29) is 11.9 Å². The summed E-state index contributed by atoms with van der Waals surface area (Å²) in [5.74, 6) is 0.0828. The molecule has 2 N–H and O–H groups in total. The lowest BCUT2D eigenvalue weighted by molar-refractivity contribution is 0.0736. The number of carbonyl (C=O) groups is 1. The van der Waals surface area contributed by atoms with Crippen molar-refractivity contribution < 1.29 is 4.79 Å². The van der Waals surface area contributed by atoms with Gasteiger partial charge in [0.1, 0.15) is 0 Å². The van der Waals surface area contributed by atoms with Crippen LogP contribution >= 0.6 is 27.3 Å². The molecule has 20 heavy (non-hydrogen) atoms. The Hall–Kier alpha value is -1.33. The maximum absolute atomic E-state index is 12.7. The van der Waals surface area contributed by atoms with Gasteiger partial charge in [-0.2, -0.15) is 11.3 Å². The molecule has 0 saturated carbocycles. The van der Waals surface area contributed by atoms with Gasteiger partial charge >= 0.3 is 0 Å². The molecule has 1 saturated heterocycles. The van der Waals surface area contributed by atoms with Crippen LogP contribution in [0.15, 0.2) is 39.5 Å². The Balaban J connectivity index is 1.87. The number of nitrogens with two attached hydrogens (primary N) is 1. The van der Waals surface area contributed by atoms with Crippen LogP contribution in [0.25, 0.3) is 0 Å². The minimum atomic E-state index is 0.0828. The molecular formula is C15H15BrN2OS. The van der Waals surface area contributed by atoms with E-state index in [0.717, 1.165) is 23.9 Å². The fraction of sp³-hybridized carbons (Fsp3) is 0.267. The third-order valence-corrected chi connectivity index (χ3v) is 5.08. The summed E-state index contributed by atoms with van der Waals surface area (Å²) in [6.45, 7) is 0.821. The highest BCUT2D eigenvalue weighted by atomic mass is 79.9. The molecule has 0 spiro atoms. The lowest BCUT2D eigenvalue weighted by Crippen LogP contribution is -2.30. The van der Waals surface area contributed by atoms with Crippen molar-refractivity contribution >= 4 is 38.9 Å². The largest absolute Gasteiger partial charge is 0.398 e. The maximum Gasteiger partial charge on any atom is 0.254 e. The van der Waals surface area contributed by atoms with Crippen LogP contribution in [-0.2, 0) is 0 Å². The summed E-state index contributed by atoms with van der Waals surface area (Å²) in [6, 6.07) is 7.70. The number of anilines is 1. The number of hydrogen-bond donors (Lipinski definition) is 1. The van der Waals surface area contributed by atoms with E-state index < -0.39 is 0 Å². The molecule has 1 amide bonds. The molecule has 104 valence electrons. The monoisotopic (exact) mass is 350 g/mol. The lowest BCUT2D eigenvalue weighted by atomic mass is 10.1. The van der Waals surface area contributed by atoms with E-state index in [1.807, 2.05) is 4.90 Å². The van der Waals surface area contributed by atoms with E-state index in [4.69, 9.17) is 5.73 Å². The zero-order valence-corrected chi connectivity index (χ0v) is 13.3. The quantitative estimate of drug-likeness (QED) is 0.829. The second-order valence-corrected chi connectivity index (χ2v) is 6.58. The predicted molar refractivity (Wildman–Crippen MR) is 85.9 cm³/mol. The van der Waals surface area contributed by atoms with E-state index in [1.165, 1.54) is 5.56 Å². The van der Waals surface area contributed by atoms with Gasteiger partial charge in [-0.25, -0.2) is 0 Å². The molecule has 5 heteroatoms. The van der Waals surface area contributed by atoms with Crippen molar-refractivity contribution in [3.8, 4) is 0 Å². The standard InChI is InChI=1S/C15H15BrN2OS/c16-12-8-10(3-4-13(12)17)15(19)18-6-1-2-14(18)11-5-7-20-9-11/h3-5,7-9,14H,1-2,6,17H2. The summed E-state index contributed by atoms with van der Waals surface area (Å²) in [7, 11) is 0. The van der Waals surface area contributed by atoms with Crippen LogP contribution in [0.3, 0.4) is 0 Å². The van der Waals surface area contributed by atoms with Crippen LogP contribution in [0.5, 0.6) is 0 Å². The molecular weight excluding hydrogens is 336 g/mol. The topological polar surface area (TPSA) is 46.3 Å². The van der Waals surface area contributed by atoms with Crippen molar-refractivity contribution in [2.75, 3.05) is 12.3 Å². The maximum atomic E-state index is 12.7. The van der Waals surface area contributed by atoms with E-state index in [2.05, 4.69) is 32.8 Å². The van der Waals surface area contributed by atoms with Crippen molar-refractivity contribution in [2.45, 2.75) is 18.9 Å². The zero-order chi connectivity index (χ0) is 14.1. The number of halogens is 1. The number of likely N-dealkylation sites (tertiary alicyclic amines) is 1. The average Bonchev–Trinajstić information content (AvgIpc) is 3.10. The molecule has 1 atom stereocenters. The first-order valence-corrected chi connectivity index (χ1v) is 8.28. The van der Waals surface area contributed by atoms with Crippen molar-refractivity contribution in [3.05, 3.63) is 50.6 Å². The fourth-order valence-corrected chi connectivity index (χ4v) is 3.73. The molecule has 1 fully saturated rings. The minimum Gasteiger partial charge on any atom is -0.398 e. The second-order valence-electron chi connectivity index (χ2n) is 4.95. The Morgan fingerprint density at radius 2 is 2.25 bits per heavy atom. The third kappa shape index (κ3) is 2.47. The lowest BCUT2D eigenvalue weighted by Gasteiger charge is -2.24. The van der Waals surface area contributed by atoms with Gasteiger partial charge in [0.05, 0.1) is 6.04 Å². The summed E-state index contributed by atoms with van der Waals surface area (Å²) < 4.78 is 0.773. The van der Waals surface area contributed by atoms with E-state index >= 15 is 0 Å². The van der Waals surface area contributed by atoms with Gasteiger partial charge in [0.2, 0.25) is 0 Å². The van der Waals surface area contributed by atoms with E-state index in [1.54, 1.807) is 29.5 Å². The van der Waals surface area contributed by atoms with Gasteiger partial charge in [-0.1, -0.05) is 0 Å². The van der Waals surface area contributed by atoms with Gasteiger partial charge in [0.15, 0.2) is 0 Å². The van der Waals surface area contributed by atoms with Gasteiger partial charge in [0.25, 0.3) is 5.91 Å². The average molecular weight is 351 g/mol. The Morgan fingerprint density at radius 3 is 2.95 bits per heavy atom. The van der Waals surface area contributed by atoms with Gasteiger partial charge in [0, 0.05) is 22.3 Å². The van der Waals surface area contributed by atoms with Crippen LogP contribution in [0.1, 0.15) is 34.8 Å². The molecule has 2 aromatic rings. The van der Waals surface area contributed by atoms with Gasteiger partial charge in [-0.05, 0) is 69.4 Å². The smallest absolute Gasteiger partial charge is 0.254 e. The molecule has 2 heterocycles. The number of benzene rings is 1. The molecule has 3 rings (SSSR count). The normalized spacial score (nSPS) is 18.4. The second kappa shape index (κ2) is 5.58. The summed E-state index contributed by atoms with van der Waals surface area (Å²) >= 11 is 5.06. The molecule has 0 radical (unpaired) electrons. The Kier molecular flexibility index (Phi) is 3.81. The summed E-state index contributed by atoms with van der Waals surface area (Å²) in [5, 5.41) is 4.20. The summed E-state index contributed by atoms with van der Waals surface area (Å²) in [5.41, 5.74) is 8.36. The van der Waals surface area contributed by atoms with Gasteiger partial charge in [-0.3, -0.25) is 4.79 Å². The molecule has 0 aliphatic carbocycles. The van der Waals surface area contributed by atoms with E-state index in [9.17, 15) is 4.79 Å². The van der Waals surface area contributed by atoms with Crippen molar-refractivity contribution in [1.82, 2.24) is 4.90 Å². The number of nitrogen functional groups attached to an aromatic ring is 1. The highest BCUT2D eigenvalue weighted by Crippen LogP contribution is 2.34. The first-order valence-electron chi connectivity index (χ1n) is 6.55. The Morgan fingerprint density at radius 1 is 1.40 bits per heavy atom. The molecule has 3 nitrogen and oxygen atoms in total. The number of carbonyl (C=O) groups excluding carboxylic acids is 1. The fourth-order valence-electron chi connectivity index (χ4n) is 2.65. The number of hydrogen-bond acceptors (Lipinski definition) is 3. The number of rotatable bonds is 2. The molecule has 1 aromatic carbocycles. The van der Waals surface area contributed by atoms with Crippen LogP contribution in [-0.4, -0.2) is 17.4 Å². The van der Waals surface area contributed by atoms with Crippen molar-refractivity contribution in [2.24, 2.45) is 0 Å². The zero-order valence-electron chi connectivity index (χ0n) is 10.9. The molecule has 1 aliphatic heterocycles. The molecule has 1 aromatic heterocycles. The Bertz CT molecular complexity index is 627. The van der Waals surface area contributed by atoms with Gasteiger partial charge in [-0.15, -0.1) is 0 Å². The van der Waals surface area contributed by atoms with Crippen molar-refractivity contribution in [1.29, 1.82) is 0 Å². The minimum absolute atomic E-state index is 0.0828. The molecule has 1 aliphatic rings. The molecule has 0 bridgehead atoms. The van der Waals surface area contributed by atoms with Crippen LogP contribution < -0.4 is 5.73 Å². The first-order chi connectivity index (χ1) is 9.66. The first kappa shape index (κ1) is 13.6. The van der Waals surface area contributed by atoms with Crippen LogP contribution in [0.4, 0.5) is 5.69 Å². The van der Waals surface area contributed by atoms with Crippen LogP contribution in [0, 0.1) is 0 Å². The van der Waals surface area contributed by atoms with Crippen LogP contribution in [0.2, 0.25) is 0 Å². The third-order valence-electron chi connectivity index (χ3n) is 3.69. The number of amides is 1. The Labute approximate surface area is 130 Å². The number of nitrogens with zero attached hydrogens (tertiary/aromatic N) is 1. The molecule has 1 unspecified atom stereocenters. The number of thiophene rings is 1. The SMILES string of the molecule is Nc1ccc(C(=O)N2CCCC2c2ccsc2)cc1Br. The predicted octanol–water partition coefficient (Wildman–Crippen LogP) is 4.07. The summed E-state index contributed by atoms with van der Waals surface area (Å²) in [4.78, 5) is 14.7.